The molecule has 2 amide bonds. The molecule has 2 heterocycles. The smallest absolute Gasteiger partial charge is 0.355 e. The summed E-state index contributed by atoms with van der Waals surface area (Å²) in [7, 11) is 0. The van der Waals surface area contributed by atoms with Crippen LogP contribution in [0, 0.1) is 0 Å². The summed E-state index contributed by atoms with van der Waals surface area (Å²) in [6.07, 6.45) is 1.69. The van der Waals surface area contributed by atoms with Crippen LogP contribution in [0.25, 0.3) is 0 Å². The molecule has 0 bridgehead atoms. The third-order valence-corrected chi connectivity index (χ3v) is 6.26. The molecule has 2 aliphatic rings. The minimum Gasteiger partial charge on any atom is -0.484 e. The van der Waals surface area contributed by atoms with Crippen molar-refractivity contribution in [2.45, 2.75) is 38.1 Å². The average molecular weight is 439 g/mol. The zero-order valence-corrected chi connectivity index (χ0v) is 17.8. The first kappa shape index (κ1) is 21.5. The number of halogens is 1. The zero-order chi connectivity index (χ0) is 21.0. The van der Waals surface area contributed by atoms with Gasteiger partial charge in [0.05, 0.1) is 6.61 Å². The molecule has 3 rings (SSSR count). The molecule has 0 spiro atoms. The standard InChI is InChI=1S/C20H23ClN2O5S/c1-3-4-9-27-20(26)17-12(2)11-29-19-16(18(25)23(17)19)22-15(24)10-28-14-7-5-13(21)6-8-14/h5-8,16,19H,3-4,9-11H2,1-2H3,(H,22,24)/t16-,19-/m1/s1. The summed E-state index contributed by atoms with van der Waals surface area (Å²) >= 11 is 7.32. The second kappa shape index (κ2) is 9.54. The number of nitrogens with zero attached hydrogens (tertiary/aromatic N) is 1. The monoisotopic (exact) mass is 438 g/mol. The number of carbonyl (C=O) groups excluding carboxylic acids is 3. The lowest BCUT2D eigenvalue weighted by Gasteiger charge is -2.49. The summed E-state index contributed by atoms with van der Waals surface area (Å²) in [6.45, 7) is 3.94. The first-order valence-corrected chi connectivity index (χ1v) is 10.8. The van der Waals surface area contributed by atoms with E-state index in [0.29, 0.717) is 28.8 Å². The number of thioether (sulfide) groups is 1. The SMILES string of the molecule is CCCCOC(=O)C1=C(C)CS[C@@H]2[C@H](NC(=O)COc3ccc(Cl)cc3)C(=O)N12. The molecule has 7 nitrogen and oxygen atoms in total. The van der Waals surface area contributed by atoms with Crippen molar-refractivity contribution >= 4 is 41.1 Å². The number of hydrogen-bond acceptors (Lipinski definition) is 6. The topological polar surface area (TPSA) is 84.9 Å². The van der Waals surface area contributed by atoms with Crippen molar-refractivity contribution in [3.8, 4) is 5.75 Å². The van der Waals surface area contributed by atoms with Crippen molar-refractivity contribution in [2.75, 3.05) is 19.0 Å². The van der Waals surface area contributed by atoms with Gasteiger partial charge < -0.3 is 14.8 Å². The Labute approximate surface area is 178 Å². The molecule has 9 heteroatoms. The van der Waals surface area contributed by atoms with Crippen LogP contribution < -0.4 is 10.1 Å². The van der Waals surface area contributed by atoms with E-state index < -0.39 is 17.9 Å². The highest BCUT2D eigenvalue weighted by Gasteiger charge is 2.53. The van der Waals surface area contributed by atoms with E-state index in [4.69, 9.17) is 21.1 Å². The number of rotatable bonds is 8. The predicted molar refractivity (Wildman–Crippen MR) is 111 cm³/mol. The van der Waals surface area contributed by atoms with Crippen molar-refractivity contribution in [1.82, 2.24) is 10.2 Å². The molecule has 0 saturated carbocycles. The number of amides is 2. The molecule has 1 saturated heterocycles. The fourth-order valence-corrected chi connectivity index (χ4v) is 4.45. The van der Waals surface area contributed by atoms with E-state index in [1.165, 1.54) is 16.7 Å². The maximum absolute atomic E-state index is 12.6. The van der Waals surface area contributed by atoms with Gasteiger partial charge in [0.1, 0.15) is 22.9 Å². The normalized spacial score (nSPS) is 20.7. The molecule has 156 valence electrons. The van der Waals surface area contributed by atoms with Gasteiger partial charge in [0.25, 0.3) is 11.8 Å². The number of nitrogens with one attached hydrogen (secondary N) is 1. The predicted octanol–water partition coefficient (Wildman–Crippen LogP) is 2.74. The summed E-state index contributed by atoms with van der Waals surface area (Å²) in [4.78, 5) is 38.7. The number of esters is 1. The van der Waals surface area contributed by atoms with E-state index in [-0.39, 0.29) is 17.9 Å². The van der Waals surface area contributed by atoms with Gasteiger partial charge >= 0.3 is 5.97 Å². The lowest BCUT2D eigenvalue weighted by molar-refractivity contribution is -0.153. The average Bonchev–Trinajstić information content (AvgIpc) is 2.71. The van der Waals surface area contributed by atoms with Crippen molar-refractivity contribution in [3.63, 3.8) is 0 Å². The number of β-lactam (4-membered cyclic amide) rings is 1. The maximum Gasteiger partial charge on any atom is 0.355 e. The third-order valence-electron chi connectivity index (χ3n) is 4.58. The third kappa shape index (κ3) is 4.87. The molecule has 1 fully saturated rings. The van der Waals surface area contributed by atoms with Crippen LogP contribution in [-0.4, -0.2) is 53.1 Å². The Morgan fingerprint density at radius 3 is 2.72 bits per heavy atom. The first-order chi connectivity index (χ1) is 13.9. The summed E-state index contributed by atoms with van der Waals surface area (Å²) in [5.74, 6) is -0.0969. The van der Waals surface area contributed by atoms with Gasteiger partial charge in [-0.15, -0.1) is 11.8 Å². The molecule has 29 heavy (non-hydrogen) atoms. The molecule has 2 aliphatic heterocycles. The van der Waals surface area contributed by atoms with Crippen molar-refractivity contribution in [2.24, 2.45) is 0 Å². The van der Waals surface area contributed by atoms with E-state index in [2.05, 4.69) is 5.32 Å². The van der Waals surface area contributed by atoms with Crippen LogP contribution in [0.2, 0.25) is 5.02 Å². The molecule has 0 unspecified atom stereocenters. The molecule has 1 aromatic carbocycles. The number of fused-ring (bicyclic) bond motifs is 1. The Bertz CT molecular complexity index is 827. The van der Waals surface area contributed by atoms with Crippen molar-refractivity contribution in [3.05, 3.63) is 40.6 Å². The fraction of sp³-hybridized carbons (Fsp3) is 0.450. The summed E-state index contributed by atoms with van der Waals surface area (Å²) in [5.41, 5.74) is 1.11. The van der Waals surface area contributed by atoms with Crippen LogP contribution in [0.3, 0.4) is 0 Å². The Kier molecular flexibility index (Phi) is 7.08. The number of ether oxygens (including phenoxy) is 2. The van der Waals surface area contributed by atoms with Gasteiger partial charge in [0, 0.05) is 10.8 Å². The van der Waals surface area contributed by atoms with Crippen LogP contribution in [0.15, 0.2) is 35.5 Å². The lowest BCUT2D eigenvalue weighted by atomic mass is 10.0. The van der Waals surface area contributed by atoms with E-state index in [9.17, 15) is 14.4 Å². The van der Waals surface area contributed by atoms with Gasteiger partial charge in [-0.05, 0) is 43.2 Å². The summed E-state index contributed by atoms with van der Waals surface area (Å²) < 4.78 is 10.7. The highest BCUT2D eigenvalue weighted by Crippen LogP contribution is 2.40. The van der Waals surface area contributed by atoms with E-state index in [0.717, 1.165) is 18.4 Å². The van der Waals surface area contributed by atoms with Crippen molar-refractivity contribution < 1.29 is 23.9 Å². The second-order valence-electron chi connectivity index (χ2n) is 6.82. The van der Waals surface area contributed by atoms with Crippen LogP contribution in [0.4, 0.5) is 0 Å². The zero-order valence-electron chi connectivity index (χ0n) is 16.3. The largest absolute Gasteiger partial charge is 0.484 e. The maximum atomic E-state index is 12.6. The van der Waals surface area contributed by atoms with Crippen LogP contribution in [0.1, 0.15) is 26.7 Å². The molecule has 0 aromatic heterocycles. The number of benzene rings is 1. The van der Waals surface area contributed by atoms with Crippen molar-refractivity contribution in [1.29, 1.82) is 0 Å². The Hall–Kier alpha value is -2.19. The highest BCUT2D eigenvalue weighted by atomic mass is 35.5. The molecule has 0 radical (unpaired) electrons. The van der Waals surface area contributed by atoms with Crippen LogP contribution in [-0.2, 0) is 19.1 Å². The molecular weight excluding hydrogens is 416 g/mol. The van der Waals surface area contributed by atoms with Gasteiger partial charge in [-0.1, -0.05) is 24.9 Å². The lowest BCUT2D eigenvalue weighted by Crippen LogP contribution is -2.70. The van der Waals surface area contributed by atoms with E-state index >= 15 is 0 Å². The number of unbranched alkanes of at least 4 members (excludes halogenated alkanes) is 1. The van der Waals surface area contributed by atoms with Crippen LogP contribution >= 0.6 is 23.4 Å². The molecular formula is C20H23ClN2O5S. The minimum atomic E-state index is -0.687. The molecule has 2 atom stereocenters. The first-order valence-electron chi connectivity index (χ1n) is 9.41. The quantitative estimate of drug-likeness (QED) is 0.381. The number of carbonyl (C=O) groups is 3. The van der Waals surface area contributed by atoms with Gasteiger partial charge in [0.2, 0.25) is 0 Å². The summed E-state index contributed by atoms with van der Waals surface area (Å²) in [5, 5.41) is 2.95. The Balaban J connectivity index is 1.56. The van der Waals surface area contributed by atoms with E-state index in [1.54, 1.807) is 24.3 Å². The van der Waals surface area contributed by atoms with Gasteiger partial charge in [-0.3, -0.25) is 14.5 Å². The van der Waals surface area contributed by atoms with Gasteiger partial charge in [0.15, 0.2) is 6.61 Å². The van der Waals surface area contributed by atoms with E-state index in [1.807, 2.05) is 13.8 Å². The molecule has 0 aliphatic carbocycles. The molecule has 1 aromatic rings. The summed E-state index contributed by atoms with van der Waals surface area (Å²) in [6, 6.07) is 5.96. The Morgan fingerprint density at radius 1 is 1.31 bits per heavy atom. The highest BCUT2D eigenvalue weighted by molar-refractivity contribution is 8.00. The van der Waals surface area contributed by atoms with Gasteiger partial charge in [-0.2, -0.15) is 0 Å². The molecule has 1 N–H and O–H groups in total. The number of hydrogen-bond donors (Lipinski definition) is 1. The Morgan fingerprint density at radius 2 is 2.03 bits per heavy atom. The van der Waals surface area contributed by atoms with Gasteiger partial charge in [-0.25, -0.2) is 4.79 Å². The second-order valence-corrected chi connectivity index (χ2v) is 8.36. The van der Waals surface area contributed by atoms with Crippen LogP contribution in [0.5, 0.6) is 5.75 Å². The fourth-order valence-electron chi connectivity index (χ4n) is 3.03. The minimum absolute atomic E-state index is 0.219.